The fourth-order valence-corrected chi connectivity index (χ4v) is 1.60. The van der Waals surface area contributed by atoms with E-state index in [0.717, 1.165) is 0 Å². The second-order valence-electron chi connectivity index (χ2n) is 3.72. The van der Waals surface area contributed by atoms with Gasteiger partial charge in [-0.2, -0.15) is 0 Å². The highest BCUT2D eigenvalue weighted by atomic mass is 16.6. The molecular formula is C11H20O2. The molecule has 0 aliphatic carbocycles. The van der Waals surface area contributed by atoms with Crippen LogP contribution in [0.2, 0.25) is 0 Å². The molecule has 0 saturated heterocycles. The zero-order chi connectivity index (χ0) is 9.52. The van der Waals surface area contributed by atoms with Crippen LogP contribution in [0.4, 0.5) is 0 Å². The first-order valence-corrected chi connectivity index (χ1v) is 5.31. The third-order valence-corrected chi connectivity index (χ3v) is 2.46. The van der Waals surface area contributed by atoms with Crippen LogP contribution < -0.4 is 0 Å². The Morgan fingerprint density at radius 1 is 1.31 bits per heavy atom. The van der Waals surface area contributed by atoms with E-state index in [1.807, 2.05) is 0 Å². The average molecular weight is 184 g/mol. The van der Waals surface area contributed by atoms with Crippen LogP contribution in [0.1, 0.15) is 39.0 Å². The highest BCUT2D eigenvalue weighted by Crippen LogP contribution is 2.17. The molecule has 0 aromatic carbocycles. The van der Waals surface area contributed by atoms with Crippen molar-refractivity contribution in [3.63, 3.8) is 0 Å². The smallest absolute Gasteiger partial charge is 0.174 e. The standard InChI is InChI=1S/C11H20O2/c1-2-3-4-5-6-10-7-8-11(12)13-9-10/h7-8,10-12H,2-6,9H2,1H3. The number of rotatable bonds is 5. The Morgan fingerprint density at radius 3 is 2.77 bits per heavy atom. The lowest BCUT2D eigenvalue weighted by molar-refractivity contribution is -0.0812. The highest BCUT2D eigenvalue weighted by molar-refractivity contribution is 4.93. The zero-order valence-electron chi connectivity index (χ0n) is 8.41. The number of aliphatic hydroxyl groups is 1. The Bertz CT molecular complexity index is 154. The lowest BCUT2D eigenvalue weighted by Gasteiger charge is -2.20. The molecule has 76 valence electrons. The first kappa shape index (κ1) is 10.7. The molecule has 1 N–H and O–H groups in total. The summed E-state index contributed by atoms with van der Waals surface area (Å²) in [5.41, 5.74) is 0. The third kappa shape index (κ3) is 4.44. The van der Waals surface area contributed by atoms with Gasteiger partial charge in [0, 0.05) is 5.92 Å². The van der Waals surface area contributed by atoms with Gasteiger partial charge in [0.15, 0.2) is 6.29 Å². The molecule has 1 rings (SSSR count). The molecule has 0 spiro atoms. The quantitative estimate of drug-likeness (QED) is 0.525. The minimum Gasteiger partial charge on any atom is -0.365 e. The van der Waals surface area contributed by atoms with Gasteiger partial charge in [-0.25, -0.2) is 0 Å². The summed E-state index contributed by atoms with van der Waals surface area (Å²) in [6.07, 6.45) is 9.59. The maximum Gasteiger partial charge on any atom is 0.174 e. The van der Waals surface area contributed by atoms with Gasteiger partial charge in [-0.15, -0.1) is 0 Å². The molecule has 2 nitrogen and oxygen atoms in total. The predicted octanol–water partition coefficient (Wildman–Crippen LogP) is 2.48. The fraction of sp³-hybridized carbons (Fsp3) is 0.818. The van der Waals surface area contributed by atoms with E-state index in [2.05, 4.69) is 13.0 Å². The van der Waals surface area contributed by atoms with Crippen molar-refractivity contribution in [1.82, 2.24) is 0 Å². The maximum absolute atomic E-state index is 9.03. The van der Waals surface area contributed by atoms with Gasteiger partial charge < -0.3 is 9.84 Å². The van der Waals surface area contributed by atoms with E-state index in [-0.39, 0.29) is 0 Å². The van der Waals surface area contributed by atoms with Gasteiger partial charge in [0.2, 0.25) is 0 Å². The van der Waals surface area contributed by atoms with E-state index in [4.69, 9.17) is 9.84 Å². The van der Waals surface area contributed by atoms with E-state index >= 15 is 0 Å². The van der Waals surface area contributed by atoms with Crippen LogP contribution in [0.25, 0.3) is 0 Å². The minimum absolute atomic E-state index is 0.528. The lowest BCUT2D eigenvalue weighted by Crippen LogP contribution is -2.20. The third-order valence-electron chi connectivity index (χ3n) is 2.46. The van der Waals surface area contributed by atoms with E-state index in [9.17, 15) is 0 Å². The molecule has 1 aliphatic rings. The van der Waals surface area contributed by atoms with Crippen LogP contribution >= 0.6 is 0 Å². The molecule has 0 saturated carbocycles. The Morgan fingerprint density at radius 2 is 2.15 bits per heavy atom. The first-order chi connectivity index (χ1) is 6.33. The topological polar surface area (TPSA) is 29.5 Å². The number of hydrogen-bond acceptors (Lipinski definition) is 2. The molecule has 0 aromatic heterocycles. The normalized spacial score (nSPS) is 27.8. The second-order valence-corrected chi connectivity index (χ2v) is 3.72. The molecule has 2 heteroatoms. The number of aliphatic hydroxyl groups excluding tert-OH is 1. The highest BCUT2D eigenvalue weighted by Gasteiger charge is 2.12. The van der Waals surface area contributed by atoms with Gasteiger partial charge in [0.05, 0.1) is 6.61 Å². The van der Waals surface area contributed by atoms with Crippen LogP contribution in [-0.4, -0.2) is 18.0 Å². The average Bonchev–Trinajstić information content (AvgIpc) is 2.15. The van der Waals surface area contributed by atoms with Crippen LogP contribution in [0.15, 0.2) is 12.2 Å². The van der Waals surface area contributed by atoms with Crippen LogP contribution in [0, 0.1) is 5.92 Å². The molecule has 0 fully saturated rings. The van der Waals surface area contributed by atoms with Gasteiger partial charge in [-0.1, -0.05) is 38.7 Å². The molecule has 0 amide bonds. The summed E-state index contributed by atoms with van der Waals surface area (Å²) >= 11 is 0. The monoisotopic (exact) mass is 184 g/mol. The zero-order valence-corrected chi connectivity index (χ0v) is 8.41. The van der Waals surface area contributed by atoms with Gasteiger partial charge in [-0.05, 0) is 12.5 Å². The van der Waals surface area contributed by atoms with Crippen molar-refractivity contribution in [2.45, 2.75) is 45.3 Å². The minimum atomic E-state index is -0.660. The largest absolute Gasteiger partial charge is 0.365 e. The molecule has 13 heavy (non-hydrogen) atoms. The summed E-state index contributed by atoms with van der Waals surface area (Å²) in [5.74, 6) is 0.528. The first-order valence-electron chi connectivity index (χ1n) is 5.31. The van der Waals surface area contributed by atoms with Gasteiger partial charge in [0.1, 0.15) is 0 Å². The van der Waals surface area contributed by atoms with Crippen LogP contribution in [-0.2, 0) is 4.74 Å². The summed E-state index contributed by atoms with van der Waals surface area (Å²) in [5, 5.41) is 9.03. The molecule has 2 atom stereocenters. The van der Waals surface area contributed by atoms with Gasteiger partial charge in [-0.3, -0.25) is 0 Å². The molecular weight excluding hydrogens is 164 g/mol. The van der Waals surface area contributed by atoms with Crippen molar-refractivity contribution in [2.75, 3.05) is 6.61 Å². The maximum atomic E-state index is 9.03. The molecule has 0 radical (unpaired) electrons. The molecule has 1 heterocycles. The van der Waals surface area contributed by atoms with Crippen LogP contribution in [0.5, 0.6) is 0 Å². The lowest BCUT2D eigenvalue weighted by atomic mass is 10.00. The Balaban J connectivity index is 2.05. The summed E-state index contributed by atoms with van der Waals surface area (Å²) in [6.45, 7) is 2.91. The predicted molar refractivity (Wildman–Crippen MR) is 53.3 cm³/mol. The summed E-state index contributed by atoms with van der Waals surface area (Å²) in [7, 11) is 0. The van der Waals surface area contributed by atoms with Crippen LogP contribution in [0.3, 0.4) is 0 Å². The Labute approximate surface area is 80.6 Å². The number of ether oxygens (including phenoxy) is 1. The second kappa shape index (κ2) is 6.17. The molecule has 0 bridgehead atoms. The van der Waals surface area contributed by atoms with E-state index < -0.39 is 6.29 Å². The Kier molecular flexibility index (Phi) is 5.09. The number of hydrogen-bond donors (Lipinski definition) is 1. The number of unbranched alkanes of at least 4 members (excludes halogenated alkanes) is 3. The Hall–Kier alpha value is -0.340. The summed E-state index contributed by atoms with van der Waals surface area (Å²) < 4.78 is 5.12. The molecule has 0 aromatic rings. The summed E-state index contributed by atoms with van der Waals surface area (Å²) in [4.78, 5) is 0. The van der Waals surface area contributed by atoms with E-state index in [0.29, 0.717) is 12.5 Å². The molecule has 1 aliphatic heterocycles. The van der Waals surface area contributed by atoms with Crippen molar-refractivity contribution in [3.05, 3.63) is 12.2 Å². The van der Waals surface area contributed by atoms with Gasteiger partial charge >= 0.3 is 0 Å². The SMILES string of the molecule is CCCCCCC1C=CC(O)OC1. The summed E-state index contributed by atoms with van der Waals surface area (Å²) in [6, 6.07) is 0. The van der Waals surface area contributed by atoms with Crippen molar-refractivity contribution < 1.29 is 9.84 Å². The fourth-order valence-electron chi connectivity index (χ4n) is 1.60. The van der Waals surface area contributed by atoms with Crippen molar-refractivity contribution in [3.8, 4) is 0 Å². The van der Waals surface area contributed by atoms with Crippen molar-refractivity contribution in [1.29, 1.82) is 0 Å². The van der Waals surface area contributed by atoms with E-state index in [1.54, 1.807) is 6.08 Å². The molecule has 2 unspecified atom stereocenters. The van der Waals surface area contributed by atoms with Crippen molar-refractivity contribution >= 4 is 0 Å². The van der Waals surface area contributed by atoms with Crippen molar-refractivity contribution in [2.24, 2.45) is 5.92 Å². The van der Waals surface area contributed by atoms with E-state index in [1.165, 1.54) is 32.1 Å². The van der Waals surface area contributed by atoms with Gasteiger partial charge in [0.25, 0.3) is 0 Å².